The van der Waals surface area contributed by atoms with E-state index in [-0.39, 0.29) is 0 Å². The number of nitrogens with one attached hydrogen (secondary N) is 1. The molecule has 0 spiro atoms. The highest BCUT2D eigenvalue weighted by molar-refractivity contribution is 4.79. The maximum atomic E-state index is 3.40. The number of piperidine rings is 1. The van der Waals surface area contributed by atoms with Gasteiger partial charge in [-0.2, -0.15) is 0 Å². The molecule has 13 heavy (non-hydrogen) atoms. The highest BCUT2D eigenvalue weighted by atomic mass is 15.2. The fourth-order valence-electron chi connectivity index (χ4n) is 2.27. The molecule has 2 heteroatoms. The van der Waals surface area contributed by atoms with Crippen LogP contribution in [0.1, 0.15) is 32.1 Å². The molecule has 2 fully saturated rings. The fraction of sp³-hybridized carbons (Fsp3) is 1.00. The van der Waals surface area contributed by atoms with Crippen LogP contribution in [0.2, 0.25) is 0 Å². The Morgan fingerprint density at radius 2 is 2.15 bits per heavy atom. The highest BCUT2D eigenvalue weighted by Crippen LogP contribution is 2.32. The monoisotopic (exact) mass is 182 g/mol. The minimum atomic E-state index is 0.757. The predicted molar refractivity (Wildman–Crippen MR) is 55.9 cm³/mol. The number of likely N-dealkylation sites (tertiary alicyclic amines) is 1. The average Bonchev–Trinajstić information content (AvgIpc) is 2.99. The zero-order chi connectivity index (χ0) is 9.10. The second-order valence-electron chi connectivity index (χ2n) is 4.66. The molecule has 2 aliphatic rings. The summed E-state index contributed by atoms with van der Waals surface area (Å²) in [4.78, 5) is 2.64. The molecule has 1 unspecified atom stereocenters. The molecule has 1 atom stereocenters. The standard InChI is InChI=1S/C11H22N2/c1-12-11-3-2-7-13(9-11)8-6-10-4-5-10/h10-12H,2-9H2,1H3. The van der Waals surface area contributed by atoms with Gasteiger partial charge in [0.25, 0.3) is 0 Å². The lowest BCUT2D eigenvalue weighted by molar-refractivity contribution is 0.190. The summed E-state index contributed by atoms with van der Waals surface area (Å²) in [5, 5.41) is 3.40. The van der Waals surface area contributed by atoms with Crippen LogP contribution in [-0.2, 0) is 0 Å². The van der Waals surface area contributed by atoms with E-state index in [4.69, 9.17) is 0 Å². The summed E-state index contributed by atoms with van der Waals surface area (Å²) in [7, 11) is 2.09. The van der Waals surface area contributed by atoms with E-state index in [1.165, 1.54) is 51.7 Å². The Bertz CT molecular complexity index is 154. The number of likely N-dealkylation sites (N-methyl/N-ethyl adjacent to an activating group) is 1. The second-order valence-corrected chi connectivity index (χ2v) is 4.66. The van der Waals surface area contributed by atoms with Crippen LogP contribution in [0.4, 0.5) is 0 Å². The van der Waals surface area contributed by atoms with Gasteiger partial charge in [-0.05, 0) is 45.3 Å². The van der Waals surface area contributed by atoms with Gasteiger partial charge < -0.3 is 10.2 Å². The molecule has 1 saturated carbocycles. The lowest BCUT2D eigenvalue weighted by Gasteiger charge is -2.32. The molecular weight excluding hydrogens is 160 g/mol. The Hall–Kier alpha value is -0.0800. The van der Waals surface area contributed by atoms with Crippen LogP contribution in [-0.4, -0.2) is 37.6 Å². The van der Waals surface area contributed by atoms with Crippen LogP contribution in [0.15, 0.2) is 0 Å². The maximum absolute atomic E-state index is 3.40. The maximum Gasteiger partial charge on any atom is 0.0192 e. The van der Waals surface area contributed by atoms with Gasteiger partial charge in [-0.15, -0.1) is 0 Å². The van der Waals surface area contributed by atoms with Gasteiger partial charge in [-0.3, -0.25) is 0 Å². The van der Waals surface area contributed by atoms with Gasteiger partial charge in [0.2, 0.25) is 0 Å². The van der Waals surface area contributed by atoms with Crippen LogP contribution in [0.5, 0.6) is 0 Å². The third kappa shape index (κ3) is 2.96. The quantitative estimate of drug-likeness (QED) is 0.708. The summed E-state index contributed by atoms with van der Waals surface area (Å²) in [6, 6.07) is 0.757. The van der Waals surface area contributed by atoms with E-state index >= 15 is 0 Å². The Morgan fingerprint density at radius 1 is 1.31 bits per heavy atom. The van der Waals surface area contributed by atoms with Crippen molar-refractivity contribution < 1.29 is 0 Å². The van der Waals surface area contributed by atoms with Crippen molar-refractivity contribution in [1.82, 2.24) is 10.2 Å². The Morgan fingerprint density at radius 3 is 2.85 bits per heavy atom. The third-order valence-electron chi connectivity index (χ3n) is 3.46. The summed E-state index contributed by atoms with van der Waals surface area (Å²) >= 11 is 0. The first-order valence-corrected chi connectivity index (χ1v) is 5.78. The highest BCUT2D eigenvalue weighted by Gasteiger charge is 2.23. The van der Waals surface area contributed by atoms with Crippen LogP contribution in [0, 0.1) is 5.92 Å². The summed E-state index contributed by atoms with van der Waals surface area (Å²) in [6.45, 7) is 3.97. The van der Waals surface area contributed by atoms with E-state index in [9.17, 15) is 0 Å². The number of hydrogen-bond donors (Lipinski definition) is 1. The van der Waals surface area contributed by atoms with Crippen molar-refractivity contribution in [3.05, 3.63) is 0 Å². The summed E-state index contributed by atoms with van der Waals surface area (Å²) in [5.41, 5.74) is 0. The van der Waals surface area contributed by atoms with E-state index in [2.05, 4.69) is 17.3 Å². The molecule has 0 bridgehead atoms. The van der Waals surface area contributed by atoms with E-state index in [1.807, 2.05) is 0 Å². The van der Waals surface area contributed by atoms with Gasteiger partial charge in [-0.1, -0.05) is 12.8 Å². The molecule has 0 aromatic carbocycles. The lowest BCUT2D eigenvalue weighted by atomic mass is 10.1. The topological polar surface area (TPSA) is 15.3 Å². The Balaban J connectivity index is 1.65. The van der Waals surface area contributed by atoms with E-state index in [1.54, 1.807) is 0 Å². The van der Waals surface area contributed by atoms with Gasteiger partial charge in [0.1, 0.15) is 0 Å². The third-order valence-corrected chi connectivity index (χ3v) is 3.46. The van der Waals surface area contributed by atoms with Crippen molar-refractivity contribution >= 4 is 0 Å². The Kier molecular flexibility index (Phi) is 3.23. The lowest BCUT2D eigenvalue weighted by Crippen LogP contribution is -2.44. The predicted octanol–water partition coefficient (Wildman–Crippen LogP) is 1.47. The Labute approximate surface area is 81.7 Å². The first kappa shape index (κ1) is 9.47. The molecule has 76 valence electrons. The van der Waals surface area contributed by atoms with E-state index in [0.717, 1.165) is 12.0 Å². The summed E-state index contributed by atoms with van der Waals surface area (Å²) in [6.07, 6.45) is 7.22. The average molecular weight is 182 g/mol. The van der Waals surface area contributed by atoms with Gasteiger partial charge in [-0.25, -0.2) is 0 Å². The first-order chi connectivity index (χ1) is 6.38. The molecule has 0 amide bonds. The fourth-order valence-corrected chi connectivity index (χ4v) is 2.27. The largest absolute Gasteiger partial charge is 0.316 e. The van der Waals surface area contributed by atoms with E-state index in [0.29, 0.717) is 0 Å². The van der Waals surface area contributed by atoms with Crippen molar-refractivity contribution in [2.75, 3.05) is 26.7 Å². The molecule has 1 aliphatic heterocycles. The van der Waals surface area contributed by atoms with Crippen molar-refractivity contribution in [3.63, 3.8) is 0 Å². The summed E-state index contributed by atoms with van der Waals surface area (Å²) < 4.78 is 0. The molecule has 0 aromatic heterocycles. The molecule has 2 rings (SSSR count). The van der Waals surface area contributed by atoms with Crippen LogP contribution in [0.3, 0.4) is 0 Å². The molecule has 0 radical (unpaired) electrons. The van der Waals surface area contributed by atoms with Gasteiger partial charge in [0, 0.05) is 12.6 Å². The first-order valence-electron chi connectivity index (χ1n) is 5.78. The van der Waals surface area contributed by atoms with Crippen molar-refractivity contribution in [3.8, 4) is 0 Å². The normalized spacial score (nSPS) is 30.7. The smallest absolute Gasteiger partial charge is 0.0192 e. The van der Waals surface area contributed by atoms with Crippen molar-refractivity contribution in [2.24, 2.45) is 5.92 Å². The number of nitrogens with zero attached hydrogens (tertiary/aromatic N) is 1. The van der Waals surface area contributed by atoms with Crippen LogP contribution in [0.25, 0.3) is 0 Å². The van der Waals surface area contributed by atoms with Gasteiger partial charge in [0.15, 0.2) is 0 Å². The molecule has 2 nitrogen and oxygen atoms in total. The van der Waals surface area contributed by atoms with Gasteiger partial charge >= 0.3 is 0 Å². The molecule has 0 aromatic rings. The molecule has 1 heterocycles. The molecular formula is C11H22N2. The zero-order valence-electron chi connectivity index (χ0n) is 8.76. The molecule has 1 aliphatic carbocycles. The summed E-state index contributed by atoms with van der Waals surface area (Å²) in [5.74, 6) is 1.09. The van der Waals surface area contributed by atoms with Crippen molar-refractivity contribution in [2.45, 2.75) is 38.1 Å². The van der Waals surface area contributed by atoms with Gasteiger partial charge in [0.05, 0.1) is 0 Å². The minimum absolute atomic E-state index is 0.757. The second kappa shape index (κ2) is 4.43. The van der Waals surface area contributed by atoms with Crippen molar-refractivity contribution in [1.29, 1.82) is 0 Å². The number of hydrogen-bond acceptors (Lipinski definition) is 2. The minimum Gasteiger partial charge on any atom is -0.316 e. The molecule has 1 saturated heterocycles. The molecule has 1 N–H and O–H groups in total. The van der Waals surface area contributed by atoms with Crippen LogP contribution >= 0.6 is 0 Å². The zero-order valence-corrected chi connectivity index (χ0v) is 8.76. The SMILES string of the molecule is CNC1CCCN(CCC2CC2)C1. The van der Waals surface area contributed by atoms with Crippen LogP contribution < -0.4 is 5.32 Å². The number of rotatable bonds is 4. The van der Waals surface area contributed by atoms with E-state index < -0.39 is 0 Å².